The summed E-state index contributed by atoms with van der Waals surface area (Å²) in [6.07, 6.45) is 2.65. The van der Waals surface area contributed by atoms with Crippen LogP contribution < -0.4 is 0 Å². The molecule has 2 unspecified atom stereocenters. The van der Waals surface area contributed by atoms with E-state index in [4.69, 9.17) is 5.11 Å². The van der Waals surface area contributed by atoms with Gasteiger partial charge in [0.2, 0.25) is 0 Å². The molecule has 0 spiro atoms. The summed E-state index contributed by atoms with van der Waals surface area (Å²) < 4.78 is 0. The normalized spacial score (nSPS) is 33.3. The van der Waals surface area contributed by atoms with Gasteiger partial charge in [0.25, 0.3) is 0 Å². The molecule has 1 saturated carbocycles. The van der Waals surface area contributed by atoms with Crippen LogP contribution in [0.25, 0.3) is 0 Å². The van der Waals surface area contributed by atoms with Gasteiger partial charge in [0.1, 0.15) is 0 Å². The van der Waals surface area contributed by atoms with Gasteiger partial charge in [-0.25, -0.2) is 4.79 Å². The SMILES string of the molecule is CCC(C)(C)C1CCC(O)(C(=O)O)C1. The molecule has 0 bridgehead atoms. The highest BCUT2D eigenvalue weighted by Gasteiger charge is 2.47. The highest BCUT2D eigenvalue weighted by atomic mass is 16.4. The Morgan fingerprint density at radius 2 is 2.14 bits per heavy atom. The van der Waals surface area contributed by atoms with Gasteiger partial charge in [0.05, 0.1) is 0 Å². The van der Waals surface area contributed by atoms with E-state index in [0.29, 0.717) is 18.8 Å². The lowest BCUT2D eigenvalue weighted by Gasteiger charge is -2.31. The highest BCUT2D eigenvalue weighted by molar-refractivity contribution is 5.77. The number of carboxylic acid groups (broad SMARTS) is 1. The van der Waals surface area contributed by atoms with Crippen LogP contribution in [0.5, 0.6) is 0 Å². The van der Waals surface area contributed by atoms with Gasteiger partial charge in [-0.3, -0.25) is 0 Å². The quantitative estimate of drug-likeness (QED) is 0.733. The first-order chi connectivity index (χ1) is 6.32. The number of aliphatic hydroxyl groups is 1. The van der Waals surface area contributed by atoms with Crippen molar-refractivity contribution in [3.8, 4) is 0 Å². The first-order valence-electron chi connectivity index (χ1n) is 5.27. The van der Waals surface area contributed by atoms with Crippen molar-refractivity contribution in [2.75, 3.05) is 0 Å². The van der Waals surface area contributed by atoms with Crippen LogP contribution in [0.4, 0.5) is 0 Å². The Bertz CT molecular complexity index is 235. The average Bonchev–Trinajstić information content (AvgIpc) is 2.50. The van der Waals surface area contributed by atoms with Crippen LogP contribution in [-0.4, -0.2) is 21.8 Å². The topological polar surface area (TPSA) is 57.5 Å². The molecule has 0 aromatic rings. The first kappa shape index (κ1) is 11.5. The van der Waals surface area contributed by atoms with E-state index < -0.39 is 11.6 Å². The van der Waals surface area contributed by atoms with Gasteiger partial charge in [-0.2, -0.15) is 0 Å². The molecule has 0 saturated heterocycles. The molecule has 0 aromatic heterocycles. The van der Waals surface area contributed by atoms with Crippen molar-refractivity contribution in [2.45, 2.75) is 52.1 Å². The largest absolute Gasteiger partial charge is 0.479 e. The molecule has 0 aromatic carbocycles. The van der Waals surface area contributed by atoms with Crippen molar-refractivity contribution in [3.05, 3.63) is 0 Å². The summed E-state index contributed by atoms with van der Waals surface area (Å²) in [5, 5.41) is 18.7. The van der Waals surface area contributed by atoms with E-state index >= 15 is 0 Å². The number of aliphatic carboxylic acids is 1. The monoisotopic (exact) mass is 200 g/mol. The third-order valence-electron chi connectivity index (χ3n) is 3.90. The minimum Gasteiger partial charge on any atom is -0.479 e. The lowest BCUT2D eigenvalue weighted by atomic mass is 9.75. The highest BCUT2D eigenvalue weighted by Crippen LogP contribution is 2.45. The van der Waals surface area contributed by atoms with E-state index in [9.17, 15) is 9.90 Å². The fraction of sp³-hybridized carbons (Fsp3) is 0.909. The molecule has 2 atom stereocenters. The van der Waals surface area contributed by atoms with Crippen molar-refractivity contribution in [2.24, 2.45) is 11.3 Å². The Hall–Kier alpha value is -0.570. The van der Waals surface area contributed by atoms with Crippen molar-refractivity contribution in [1.82, 2.24) is 0 Å². The first-order valence-corrected chi connectivity index (χ1v) is 5.27. The van der Waals surface area contributed by atoms with Crippen molar-refractivity contribution in [3.63, 3.8) is 0 Å². The van der Waals surface area contributed by atoms with Gasteiger partial charge >= 0.3 is 5.97 Å². The molecule has 1 aliphatic carbocycles. The summed E-state index contributed by atoms with van der Waals surface area (Å²) in [6, 6.07) is 0. The number of rotatable bonds is 3. The van der Waals surface area contributed by atoms with E-state index in [1.54, 1.807) is 0 Å². The van der Waals surface area contributed by atoms with Gasteiger partial charge in [0, 0.05) is 0 Å². The van der Waals surface area contributed by atoms with Crippen LogP contribution in [-0.2, 0) is 4.79 Å². The van der Waals surface area contributed by atoms with Crippen LogP contribution in [0.1, 0.15) is 46.5 Å². The van der Waals surface area contributed by atoms with E-state index in [1.807, 2.05) is 0 Å². The van der Waals surface area contributed by atoms with E-state index in [2.05, 4.69) is 20.8 Å². The molecular weight excluding hydrogens is 180 g/mol. The fourth-order valence-electron chi connectivity index (χ4n) is 2.17. The predicted octanol–water partition coefficient (Wildman–Crippen LogP) is 2.04. The minimum atomic E-state index is -1.46. The Balaban J connectivity index is 2.70. The Labute approximate surface area is 85.1 Å². The van der Waals surface area contributed by atoms with Crippen LogP contribution >= 0.6 is 0 Å². The molecule has 82 valence electrons. The summed E-state index contributed by atoms with van der Waals surface area (Å²) in [6.45, 7) is 6.40. The molecule has 2 N–H and O–H groups in total. The Morgan fingerprint density at radius 1 is 1.57 bits per heavy atom. The minimum absolute atomic E-state index is 0.139. The molecule has 3 heteroatoms. The second-order valence-corrected chi connectivity index (χ2v) is 5.12. The second kappa shape index (κ2) is 3.54. The molecule has 0 radical (unpaired) electrons. The van der Waals surface area contributed by atoms with Gasteiger partial charge < -0.3 is 10.2 Å². The molecule has 14 heavy (non-hydrogen) atoms. The van der Waals surface area contributed by atoms with Gasteiger partial charge in [-0.05, 0) is 30.6 Å². The summed E-state index contributed by atoms with van der Waals surface area (Å²) in [5.74, 6) is -0.736. The van der Waals surface area contributed by atoms with E-state index in [1.165, 1.54) is 0 Å². The average molecular weight is 200 g/mol. The van der Waals surface area contributed by atoms with Crippen LogP contribution in [0.3, 0.4) is 0 Å². The van der Waals surface area contributed by atoms with Crippen LogP contribution in [0.15, 0.2) is 0 Å². The van der Waals surface area contributed by atoms with Gasteiger partial charge in [0.15, 0.2) is 5.60 Å². The smallest absolute Gasteiger partial charge is 0.335 e. The van der Waals surface area contributed by atoms with Crippen LogP contribution in [0, 0.1) is 11.3 Å². The Kier molecular flexibility index (Phi) is 2.91. The second-order valence-electron chi connectivity index (χ2n) is 5.12. The number of hydrogen-bond donors (Lipinski definition) is 2. The number of hydrogen-bond acceptors (Lipinski definition) is 2. The lowest BCUT2D eigenvalue weighted by molar-refractivity contribution is -0.158. The summed E-state index contributed by atoms with van der Waals surface area (Å²) in [4.78, 5) is 10.8. The van der Waals surface area contributed by atoms with Crippen molar-refractivity contribution < 1.29 is 15.0 Å². The molecule has 1 rings (SSSR count). The van der Waals surface area contributed by atoms with Crippen LogP contribution in [0.2, 0.25) is 0 Å². The van der Waals surface area contributed by atoms with Gasteiger partial charge in [-0.15, -0.1) is 0 Å². The molecule has 1 fully saturated rings. The maximum Gasteiger partial charge on any atom is 0.335 e. The number of carbonyl (C=O) groups is 1. The summed E-state index contributed by atoms with van der Waals surface area (Å²) in [7, 11) is 0. The predicted molar refractivity (Wildman–Crippen MR) is 54.0 cm³/mol. The molecule has 1 aliphatic rings. The Morgan fingerprint density at radius 3 is 2.50 bits per heavy atom. The van der Waals surface area contributed by atoms with E-state index in [0.717, 1.165) is 12.8 Å². The summed E-state index contributed by atoms with van der Waals surface area (Å²) >= 11 is 0. The zero-order valence-electron chi connectivity index (χ0n) is 9.21. The molecule has 0 aliphatic heterocycles. The lowest BCUT2D eigenvalue weighted by Crippen LogP contribution is -2.36. The molecule has 0 heterocycles. The fourth-order valence-corrected chi connectivity index (χ4v) is 2.17. The molecule has 0 amide bonds. The zero-order valence-corrected chi connectivity index (χ0v) is 9.21. The maximum absolute atomic E-state index is 10.8. The third-order valence-corrected chi connectivity index (χ3v) is 3.90. The van der Waals surface area contributed by atoms with Gasteiger partial charge in [-0.1, -0.05) is 27.2 Å². The maximum atomic E-state index is 10.8. The third kappa shape index (κ3) is 1.92. The van der Waals surface area contributed by atoms with Crippen molar-refractivity contribution >= 4 is 5.97 Å². The molecule has 3 nitrogen and oxygen atoms in total. The van der Waals surface area contributed by atoms with E-state index in [-0.39, 0.29) is 5.41 Å². The standard InChI is InChI=1S/C11H20O3/c1-4-10(2,3)8-5-6-11(14,7-8)9(12)13/h8,14H,4-7H2,1-3H3,(H,12,13). The number of carboxylic acids is 1. The molecular formula is C11H20O3. The zero-order chi connectivity index (χ0) is 11.0. The van der Waals surface area contributed by atoms with Crippen molar-refractivity contribution in [1.29, 1.82) is 0 Å². The summed E-state index contributed by atoms with van der Waals surface area (Å²) in [5.41, 5.74) is -1.32.